The number of rotatable bonds is 4. The summed E-state index contributed by atoms with van der Waals surface area (Å²) in [5.74, 6) is -0.0874. The maximum Gasteiger partial charge on any atom is 0.254 e. The number of carbonyl (C=O) groups is 1. The van der Waals surface area contributed by atoms with Crippen LogP contribution in [0.4, 0.5) is 0 Å². The van der Waals surface area contributed by atoms with Crippen molar-refractivity contribution >= 4 is 37.5 Å². The number of benzene rings is 2. The lowest BCUT2D eigenvalue weighted by Gasteiger charge is -2.23. The van der Waals surface area contributed by atoms with Gasteiger partial charge in [-0.15, -0.1) is 11.3 Å². The molecule has 6 nitrogen and oxygen atoms in total. The van der Waals surface area contributed by atoms with E-state index in [1.807, 2.05) is 29.2 Å². The Morgan fingerprint density at radius 2 is 1.86 bits per heavy atom. The zero-order valence-electron chi connectivity index (χ0n) is 15.7. The van der Waals surface area contributed by atoms with Crippen LogP contribution in [-0.2, 0) is 10.0 Å². The third-order valence-electron chi connectivity index (χ3n) is 4.99. The van der Waals surface area contributed by atoms with Gasteiger partial charge in [-0.05, 0) is 49.2 Å². The van der Waals surface area contributed by atoms with Gasteiger partial charge in [-0.3, -0.25) is 4.79 Å². The highest BCUT2D eigenvalue weighted by Gasteiger charge is 2.33. The molecule has 0 aliphatic carbocycles. The van der Waals surface area contributed by atoms with Crippen molar-refractivity contribution in [3.63, 3.8) is 0 Å². The number of hydrogen-bond donors (Lipinski definition) is 0. The van der Waals surface area contributed by atoms with Gasteiger partial charge in [-0.1, -0.05) is 12.1 Å². The van der Waals surface area contributed by atoms with Crippen LogP contribution in [0.25, 0.3) is 10.2 Å². The highest BCUT2D eigenvalue weighted by atomic mass is 32.2. The summed E-state index contributed by atoms with van der Waals surface area (Å²) in [6.07, 6.45) is 1.82. The van der Waals surface area contributed by atoms with Gasteiger partial charge < -0.3 is 4.90 Å². The SMILES string of the molecule is CN(C)S(=O)(=O)c1ccc(C(=O)N2CCC[C@@H]2c2nc3ccccc3s2)cc1. The fourth-order valence-corrected chi connectivity index (χ4v) is 5.46. The molecule has 1 aliphatic heterocycles. The summed E-state index contributed by atoms with van der Waals surface area (Å²) in [6, 6.07) is 14.1. The molecule has 0 unspecified atom stereocenters. The summed E-state index contributed by atoms with van der Waals surface area (Å²) < 4.78 is 26.7. The number of thiazole rings is 1. The zero-order valence-corrected chi connectivity index (χ0v) is 17.3. The van der Waals surface area contributed by atoms with Gasteiger partial charge >= 0.3 is 0 Å². The number of likely N-dealkylation sites (tertiary alicyclic amines) is 1. The second-order valence-corrected chi connectivity index (χ2v) is 10.2. The number of aromatic nitrogens is 1. The molecule has 0 saturated carbocycles. The molecular formula is C20H21N3O3S2. The lowest BCUT2D eigenvalue weighted by molar-refractivity contribution is 0.0735. The summed E-state index contributed by atoms with van der Waals surface area (Å²) >= 11 is 1.63. The van der Waals surface area contributed by atoms with Crippen molar-refractivity contribution in [2.45, 2.75) is 23.8 Å². The highest BCUT2D eigenvalue weighted by molar-refractivity contribution is 7.89. The summed E-state index contributed by atoms with van der Waals surface area (Å²) in [4.78, 5) is 19.8. The summed E-state index contributed by atoms with van der Waals surface area (Å²) in [5, 5.41) is 0.957. The topological polar surface area (TPSA) is 70.6 Å². The van der Waals surface area contributed by atoms with E-state index in [0.29, 0.717) is 12.1 Å². The maximum atomic E-state index is 13.1. The van der Waals surface area contributed by atoms with Crippen LogP contribution in [0.5, 0.6) is 0 Å². The average molecular weight is 416 g/mol. The molecule has 0 spiro atoms. The molecule has 0 radical (unpaired) electrons. The predicted octanol–water partition coefficient (Wildman–Crippen LogP) is 3.52. The smallest absolute Gasteiger partial charge is 0.254 e. The van der Waals surface area contributed by atoms with Gasteiger partial charge in [0, 0.05) is 26.2 Å². The molecular weight excluding hydrogens is 394 g/mol. The van der Waals surface area contributed by atoms with Gasteiger partial charge in [0.2, 0.25) is 10.0 Å². The van der Waals surface area contributed by atoms with Crippen molar-refractivity contribution in [1.29, 1.82) is 0 Å². The summed E-state index contributed by atoms with van der Waals surface area (Å²) in [7, 11) is -0.532. The largest absolute Gasteiger partial charge is 0.329 e. The minimum absolute atomic E-state index is 0.0323. The van der Waals surface area contributed by atoms with Crippen LogP contribution < -0.4 is 0 Å². The minimum atomic E-state index is -3.51. The molecule has 4 rings (SSSR count). The van der Waals surface area contributed by atoms with Gasteiger partial charge in [0.25, 0.3) is 5.91 Å². The van der Waals surface area contributed by atoms with Crippen LogP contribution in [0.3, 0.4) is 0 Å². The summed E-state index contributed by atoms with van der Waals surface area (Å²) in [6.45, 7) is 0.678. The number of sulfonamides is 1. The minimum Gasteiger partial charge on any atom is -0.329 e. The molecule has 1 amide bonds. The predicted molar refractivity (Wildman–Crippen MR) is 110 cm³/mol. The van der Waals surface area contributed by atoms with Crippen molar-refractivity contribution in [2.75, 3.05) is 20.6 Å². The van der Waals surface area contributed by atoms with Crippen LogP contribution in [0.15, 0.2) is 53.4 Å². The van der Waals surface area contributed by atoms with E-state index in [0.717, 1.165) is 32.4 Å². The number of amides is 1. The standard InChI is InChI=1S/C20H21N3O3S2/c1-22(2)28(25,26)15-11-9-14(10-12-15)20(24)23-13-5-7-17(23)19-21-16-6-3-4-8-18(16)27-19/h3-4,6,8-12,17H,5,7,13H2,1-2H3/t17-/m1/s1. The van der Waals surface area contributed by atoms with Gasteiger partial charge in [0.15, 0.2) is 0 Å². The Morgan fingerprint density at radius 1 is 1.14 bits per heavy atom. The van der Waals surface area contributed by atoms with Crippen LogP contribution in [0.2, 0.25) is 0 Å². The fourth-order valence-electron chi connectivity index (χ4n) is 3.45. The molecule has 28 heavy (non-hydrogen) atoms. The molecule has 2 heterocycles. The van der Waals surface area contributed by atoms with E-state index in [9.17, 15) is 13.2 Å². The van der Waals surface area contributed by atoms with E-state index < -0.39 is 10.0 Å². The molecule has 3 aromatic rings. The Hall–Kier alpha value is -2.29. The number of carbonyl (C=O) groups excluding carboxylic acids is 1. The molecule has 0 N–H and O–H groups in total. The van der Waals surface area contributed by atoms with Crippen LogP contribution in [0.1, 0.15) is 34.2 Å². The molecule has 1 saturated heterocycles. The van der Waals surface area contributed by atoms with E-state index >= 15 is 0 Å². The van der Waals surface area contributed by atoms with Crippen LogP contribution in [0, 0.1) is 0 Å². The second kappa shape index (κ2) is 7.27. The van der Waals surface area contributed by atoms with Crippen molar-refractivity contribution in [3.8, 4) is 0 Å². The van der Waals surface area contributed by atoms with Crippen LogP contribution >= 0.6 is 11.3 Å². The second-order valence-electron chi connectivity index (χ2n) is 6.99. The molecule has 1 fully saturated rings. The Balaban J connectivity index is 1.60. The number of para-hydroxylation sites is 1. The number of fused-ring (bicyclic) bond motifs is 1. The molecule has 0 bridgehead atoms. The Bertz CT molecular complexity index is 1090. The van der Waals surface area contributed by atoms with E-state index in [-0.39, 0.29) is 16.8 Å². The van der Waals surface area contributed by atoms with Crippen molar-refractivity contribution in [1.82, 2.24) is 14.2 Å². The molecule has 1 aromatic heterocycles. The third kappa shape index (κ3) is 3.32. The number of hydrogen-bond acceptors (Lipinski definition) is 5. The Labute approximate surface area is 168 Å². The van der Waals surface area contributed by atoms with E-state index in [4.69, 9.17) is 4.98 Å². The van der Waals surface area contributed by atoms with Gasteiger partial charge in [0.1, 0.15) is 5.01 Å². The molecule has 1 atom stereocenters. The van der Waals surface area contributed by atoms with Crippen molar-refractivity contribution < 1.29 is 13.2 Å². The molecule has 146 valence electrons. The lowest BCUT2D eigenvalue weighted by Crippen LogP contribution is -2.30. The lowest BCUT2D eigenvalue weighted by atomic mass is 10.1. The first-order valence-electron chi connectivity index (χ1n) is 9.07. The quantitative estimate of drug-likeness (QED) is 0.654. The first-order valence-corrected chi connectivity index (χ1v) is 11.3. The molecule has 8 heteroatoms. The van der Waals surface area contributed by atoms with Crippen molar-refractivity contribution in [2.24, 2.45) is 0 Å². The Morgan fingerprint density at radius 3 is 2.54 bits per heavy atom. The molecule has 1 aliphatic rings. The number of nitrogens with zero attached hydrogens (tertiary/aromatic N) is 3. The summed E-state index contributed by atoms with van der Waals surface area (Å²) in [5.41, 5.74) is 1.45. The Kier molecular flexibility index (Phi) is 4.95. The van der Waals surface area contributed by atoms with Gasteiger partial charge in [-0.25, -0.2) is 17.7 Å². The third-order valence-corrected chi connectivity index (χ3v) is 7.96. The first-order chi connectivity index (χ1) is 13.4. The van der Waals surface area contributed by atoms with E-state index in [2.05, 4.69) is 0 Å². The van der Waals surface area contributed by atoms with E-state index in [1.54, 1.807) is 23.5 Å². The highest BCUT2D eigenvalue weighted by Crippen LogP contribution is 2.37. The maximum absolute atomic E-state index is 13.1. The molecule has 2 aromatic carbocycles. The average Bonchev–Trinajstić information content (AvgIpc) is 3.33. The zero-order chi connectivity index (χ0) is 19.9. The normalized spacial score (nSPS) is 17.5. The fraction of sp³-hybridized carbons (Fsp3) is 0.300. The first kappa shape index (κ1) is 19.0. The monoisotopic (exact) mass is 415 g/mol. The van der Waals surface area contributed by atoms with Crippen molar-refractivity contribution in [3.05, 3.63) is 59.1 Å². The van der Waals surface area contributed by atoms with Crippen LogP contribution in [-0.4, -0.2) is 49.2 Å². The van der Waals surface area contributed by atoms with E-state index in [1.165, 1.54) is 26.2 Å². The van der Waals surface area contributed by atoms with Gasteiger partial charge in [0.05, 0.1) is 21.2 Å². The van der Waals surface area contributed by atoms with Gasteiger partial charge in [-0.2, -0.15) is 0 Å².